The van der Waals surface area contributed by atoms with Crippen LogP contribution in [0.2, 0.25) is 0 Å². The van der Waals surface area contributed by atoms with Crippen LogP contribution in [-0.2, 0) is 17.6 Å². The predicted molar refractivity (Wildman–Crippen MR) is 139 cm³/mol. The van der Waals surface area contributed by atoms with Crippen molar-refractivity contribution in [1.82, 2.24) is 5.16 Å². The monoisotopic (exact) mass is 485 g/mol. The summed E-state index contributed by atoms with van der Waals surface area (Å²) in [6, 6.07) is 18.0. The Labute approximate surface area is 210 Å². The average molecular weight is 486 g/mol. The zero-order valence-electron chi connectivity index (χ0n) is 20.9. The maximum atomic E-state index is 11.4. The fourth-order valence-corrected chi connectivity index (χ4v) is 4.50. The molecule has 1 saturated carbocycles. The van der Waals surface area contributed by atoms with Gasteiger partial charge in [-0.1, -0.05) is 37.6 Å². The number of carbonyl (C=O) groups is 1. The van der Waals surface area contributed by atoms with Gasteiger partial charge in [-0.3, -0.25) is 0 Å². The molecule has 5 rings (SSSR count). The number of aryl methyl sites for hydroxylation is 2. The molecule has 0 unspecified atom stereocenters. The Morgan fingerprint density at radius 2 is 1.83 bits per heavy atom. The molecule has 1 N–H and O–H groups in total. The molecule has 36 heavy (non-hydrogen) atoms. The van der Waals surface area contributed by atoms with Gasteiger partial charge in [-0.15, -0.1) is 0 Å². The van der Waals surface area contributed by atoms with E-state index >= 15 is 0 Å². The van der Waals surface area contributed by atoms with Crippen molar-refractivity contribution in [2.24, 2.45) is 0 Å². The van der Waals surface area contributed by atoms with Crippen molar-refractivity contribution in [3.05, 3.63) is 71.3 Å². The number of hydrogen-bond donors (Lipinski definition) is 1. The molecule has 0 saturated heterocycles. The first-order valence-corrected chi connectivity index (χ1v) is 12.7. The van der Waals surface area contributed by atoms with Gasteiger partial charge in [0, 0.05) is 11.1 Å². The quantitative estimate of drug-likeness (QED) is 0.250. The van der Waals surface area contributed by atoms with Gasteiger partial charge in [0.15, 0.2) is 11.7 Å². The number of hydrogen-bond acceptors (Lipinski definition) is 5. The van der Waals surface area contributed by atoms with Crippen LogP contribution in [0.1, 0.15) is 62.6 Å². The number of aliphatic carboxylic acids is 1. The Morgan fingerprint density at radius 3 is 2.50 bits per heavy atom. The standard InChI is InChI=1S/C30H31NO5/c1-4-6-21-15-23(35-22-11-7-19(5-2)8-12-22)13-14-24(21)29-26-17-27(34-18(3)30(32)33)25(20-9-10-20)16-28(26)36-31-29/h7-8,11-18,20H,4-6,9-10H2,1-3H3,(H,32,33)/t18-/m0/s1. The molecule has 1 fully saturated rings. The summed E-state index contributed by atoms with van der Waals surface area (Å²) in [5.41, 5.74) is 5.75. The van der Waals surface area contributed by atoms with E-state index in [1.54, 1.807) is 6.92 Å². The number of nitrogens with zero attached hydrogens (tertiary/aromatic N) is 1. The first kappa shape index (κ1) is 23.9. The first-order chi connectivity index (χ1) is 17.5. The van der Waals surface area contributed by atoms with E-state index in [0.717, 1.165) is 71.4 Å². The van der Waals surface area contributed by atoms with Gasteiger partial charge in [-0.05, 0) is 92.1 Å². The molecule has 0 aliphatic heterocycles. The molecule has 0 amide bonds. The molecule has 4 aromatic rings. The van der Waals surface area contributed by atoms with E-state index in [9.17, 15) is 9.90 Å². The molecule has 6 heteroatoms. The summed E-state index contributed by atoms with van der Waals surface area (Å²) >= 11 is 0. The third-order valence-electron chi connectivity index (χ3n) is 6.69. The van der Waals surface area contributed by atoms with E-state index in [0.29, 0.717) is 17.3 Å². The largest absolute Gasteiger partial charge is 0.479 e. The predicted octanol–water partition coefficient (Wildman–Crippen LogP) is 7.53. The Hall–Kier alpha value is -3.80. The highest BCUT2D eigenvalue weighted by Gasteiger charge is 2.30. The Bertz CT molecular complexity index is 1380. The molecule has 0 radical (unpaired) electrons. The number of aromatic nitrogens is 1. The molecule has 1 aromatic heterocycles. The second-order valence-corrected chi connectivity index (χ2v) is 9.46. The summed E-state index contributed by atoms with van der Waals surface area (Å²) in [5, 5.41) is 14.6. The first-order valence-electron chi connectivity index (χ1n) is 12.7. The molecule has 1 heterocycles. The summed E-state index contributed by atoms with van der Waals surface area (Å²) in [4.78, 5) is 11.4. The number of fused-ring (bicyclic) bond motifs is 1. The lowest BCUT2D eigenvalue weighted by Gasteiger charge is -2.15. The van der Waals surface area contributed by atoms with Crippen LogP contribution >= 0.6 is 0 Å². The van der Waals surface area contributed by atoms with Crippen LogP contribution in [0.25, 0.3) is 22.2 Å². The molecule has 1 aliphatic carbocycles. The fourth-order valence-electron chi connectivity index (χ4n) is 4.50. The van der Waals surface area contributed by atoms with Gasteiger partial charge in [0.25, 0.3) is 0 Å². The number of carboxylic acids is 1. The van der Waals surface area contributed by atoms with Gasteiger partial charge in [0.05, 0.1) is 5.39 Å². The van der Waals surface area contributed by atoms with Crippen LogP contribution in [0.4, 0.5) is 0 Å². The summed E-state index contributed by atoms with van der Waals surface area (Å²) in [6.45, 7) is 5.82. The zero-order chi connectivity index (χ0) is 25.2. The summed E-state index contributed by atoms with van der Waals surface area (Å²) < 4.78 is 17.8. The zero-order valence-corrected chi connectivity index (χ0v) is 20.9. The van der Waals surface area contributed by atoms with E-state index in [4.69, 9.17) is 14.0 Å². The third-order valence-corrected chi connectivity index (χ3v) is 6.69. The van der Waals surface area contributed by atoms with E-state index in [2.05, 4.69) is 37.2 Å². The molecule has 6 nitrogen and oxygen atoms in total. The molecular formula is C30H31NO5. The number of benzene rings is 3. The van der Waals surface area contributed by atoms with Crippen molar-refractivity contribution in [1.29, 1.82) is 0 Å². The van der Waals surface area contributed by atoms with Crippen LogP contribution < -0.4 is 9.47 Å². The van der Waals surface area contributed by atoms with Crippen molar-refractivity contribution in [2.45, 2.75) is 64.9 Å². The van der Waals surface area contributed by atoms with E-state index in [-0.39, 0.29) is 0 Å². The highest BCUT2D eigenvalue weighted by atomic mass is 16.5. The Morgan fingerprint density at radius 1 is 1.08 bits per heavy atom. The summed E-state index contributed by atoms with van der Waals surface area (Å²) in [6.07, 6.45) is 4.00. The lowest BCUT2D eigenvalue weighted by Crippen LogP contribution is -2.23. The normalized spacial score (nSPS) is 14.1. The van der Waals surface area contributed by atoms with E-state index in [1.807, 2.05) is 36.4 Å². The smallest absolute Gasteiger partial charge is 0.344 e. The second-order valence-electron chi connectivity index (χ2n) is 9.46. The van der Waals surface area contributed by atoms with Crippen molar-refractivity contribution in [2.75, 3.05) is 0 Å². The lowest BCUT2D eigenvalue weighted by molar-refractivity contribution is -0.144. The Balaban J connectivity index is 1.52. The van der Waals surface area contributed by atoms with Crippen molar-refractivity contribution in [3.8, 4) is 28.5 Å². The summed E-state index contributed by atoms with van der Waals surface area (Å²) in [5.74, 6) is 1.55. The van der Waals surface area contributed by atoms with Crippen LogP contribution in [0, 0.1) is 0 Å². The second kappa shape index (κ2) is 10.1. The van der Waals surface area contributed by atoms with Crippen LogP contribution in [-0.4, -0.2) is 22.3 Å². The average Bonchev–Trinajstić information content (AvgIpc) is 3.64. The van der Waals surface area contributed by atoms with E-state index < -0.39 is 12.1 Å². The van der Waals surface area contributed by atoms with Gasteiger partial charge in [0.2, 0.25) is 0 Å². The van der Waals surface area contributed by atoms with Gasteiger partial charge < -0.3 is 19.1 Å². The minimum absolute atomic E-state index is 0.373. The van der Waals surface area contributed by atoms with Crippen molar-refractivity contribution < 1.29 is 23.9 Å². The maximum absolute atomic E-state index is 11.4. The van der Waals surface area contributed by atoms with Crippen molar-refractivity contribution in [3.63, 3.8) is 0 Å². The third kappa shape index (κ3) is 4.94. The highest BCUT2D eigenvalue weighted by molar-refractivity contribution is 5.94. The van der Waals surface area contributed by atoms with Crippen LogP contribution in [0.3, 0.4) is 0 Å². The van der Waals surface area contributed by atoms with Crippen LogP contribution in [0.5, 0.6) is 17.2 Å². The molecule has 1 atom stereocenters. The minimum atomic E-state index is -0.993. The number of ether oxygens (including phenoxy) is 2. The van der Waals surface area contributed by atoms with Gasteiger partial charge in [-0.25, -0.2) is 4.79 Å². The van der Waals surface area contributed by atoms with Crippen molar-refractivity contribution >= 4 is 16.9 Å². The molecule has 186 valence electrons. The Kier molecular flexibility index (Phi) is 6.68. The van der Waals surface area contributed by atoms with Gasteiger partial charge in [-0.2, -0.15) is 0 Å². The summed E-state index contributed by atoms with van der Waals surface area (Å²) in [7, 11) is 0. The topological polar surface area (TPSA) is 81.8 Å². The highest BCUT2D eigenvalue weighted by Crippen LogP contribution is 2.47. The number of carboxylic acid groups (broad SMARTS) is 1. The maximum Gasteiger partial charge on any atom is 0.344 e. The molecule has 1 aliphatic rings. The fraction of sp³-hybridized carbons (Fsp3) is 0.333. The molecule has 0 spiro atoms. The molecule has 3 aromatic carbocycles. The van der Waals surface area contributed by atoms with E-state index in [1.165, 1.54) is 5.56 Å². The van der Waals surface area contributed by atoms with Gasteiger partial charge >= 0.3 is 5.97 Å². The number of rotatable bonds is 10. The SMILES string of the molecule is CCCc1cc(Oc2ccc(CC)cc2)ccc1-c1noc2cc(C3CC3)c(O[C@@H](C)C(=O)O)cc12. The molecular weight excluding hydrogens is 454 g/mol. The molecule has 0 bridgehead atoms. The minimum Gasteiger partial charge on any atom is -0.479 e. The lowest BCUT2D eigenvalue weighted by atomic mass is 9.97. The van der Waals surface area contributed by atoms with Crippen LogP contribution in [0.15, 0.2) is 59.1 Å². The van der Waals surface area contributed by atoms with Gasteiger partial charge in [0.1, 0.15) is 22.9 Å².